The van der Waals surface area contributed by atoms with Gasteiger partial charge in [-0.15, -0.1) is 0 Å². The normalized spacial score (nSPS) is 14.5. The topological polar surface area (TPSA) is 0 Å². The molecule has 0 atom stereocenters. The molecule has 8 aromatic rings. The van der Waals surface area contributed by atoms with Gasteiger partial charge in [-0.1, -0.05) is 187 Å². The average molecular weight is 719 g/mol. The molecule has 4 aliphatic rings. The molecule has 0 radical (unpaired) electrons. The number of hydrogen-bond acceptors (Lipinski definition) is 0. The third-order valence-electron chi connectivity index (χ3n) is 14.5. The monoisotopic (exact) mass is 718 g/mol. The number of hydrogen-bond donors (Lipinski definition) is 0. The lowest BCUT2D eigenvalue weighted by atomic mass is 9.34. The van der Waals surface area contributed by atoms with E-state index in [0.717, 1.165) is 0 Å². The molecule has 4 heterocycles. The molecule has 4 aliphatic heterocycles. The molecule has 270 valence electrons. The van der Waals surface area contributed by atoms with Crippen molar-refractivity contribution in [3.05, 3.63) is 119 Å². The maximum Gasteiger partial charge on any atom is 0.244 e. The summed E-state index contributed by atoms with van der Waals surface area (Å²) < 4.78 is 0. The van der Waals surface area contributed by atoms with E-state index in [1.165, 1.54) is 132 Å². The van der Waals surface area contributed by atoms with Gasteiger partial charge in [0.05, 0.1) is 0 Å². The summed E-state index contributed by atoms with van der Waals surface area (Å²) in [5.41, 5.74) is 26.3. The van der Waals surface area contributed by atoms with E-state index in [1.54, 1.807) is 0 Å². The molecule has 2 heteroatoms. The summed E-state index contributed by atoms with van der Waals surface area (Å²) in [5, 5.41) is 8.90. The van der Waals surface area contributed by atoms with E-state index < -0.39 is 0 Å². The van der Waals surface area contributed by atoms with E-state index in [9.17, 15) is 0 Å². The fraction of sp³-hybridized carbons (Fsp3) is 0.259. The molecule has 0 amide bonds. The van der Waals surface area contributed by atoms with Crippen molar-refractivity contribution in [1.82, 2.24) is 0 Å². The quantitative estimate of drug-likeness (QED) is 0.123. The highest BCUT2D eigenvalue weighted by atomic mass is 14.4. The SMILES string of the molecule is CC(C)c1cc2c3c(cc4c(C(C)C)cc5c6c(cc1c3c46)B1c3ccccc3-c3cc(C(C)(C)C)cc-5c31)B1c3ccccc3-c3cc(C(C)(C)C)cc-2c31. The minimum absolute atomic E-state index is 0.0339. The number of rotatable bonds is 2. The third-order valence-corrected chi connectivity index (χ3v) is 14.5. The first-order chi connectivity index (χ1) is 26.7. The fourth-order valence-corrected chi connectivity index (χ4v) is 11.8. The van der Waals surface area contributed by atoms with Gasteiger partial charge in [0, 0.05) is 0 Å². The zero-order chi connectivity index (χ0) is 38.5. The fourth-order valence-electron chi connectivity index (χ4n) is 11.8. The van der Waals surface area contributed by atoms with E-state index in [-0.39, 0.29) is 24.3 Å². The van der Waals surface area contributed by atoms with Gasteiger partial charge in [-0.2, -0.15) is 0 Å². The van der Waals surface area contributed by atoms with Gasteiger partial charge in [0.15, 0.2) is 0 Å². The Balaban J connectivity index is 1.33. The highest BCUT2D eigenvalue weighted by Gasteiger charge is 2.45. The lowest BCUT2D eigenvalue weighted by molar-refractivity contribution is 0.590. The Hall–Kier alpha value is -5.07. The first-order valence-corrected chi connectivity index (χ1v) is 21.1. The zero-order valence-electron chi connectivity index (χ0n) is 34.5. The van der Waals surface area contributed by atoms with Crippen LogP contribution < -0.4 is 32.8 Å². The Bertz CT molecular complexity index is 2890. The van der Waals surface area contributed by atoms with Gasteiger partial charge in [0.25, 0.3) is 0 Å². The first kappa shape index (κ1) is 33.1. The van der Waals surface area contributed by atoms with Crippen molar-refractivity contribution in [2.75, 3.05) is 0 Å². The third kappa shape index (κ3) is 3.94. The molecule has 0 saturated carbocycles. The molecular weight excluding hydrogens is 670 g/mol. The van der Waals surface area contributed by atoms with Crippen molar-refractivity contribution < 1.29 is 0 Å². The van der Waals surface area contributed by atoms with Crippen LogP contribution in [-0.2, 0) is 10.8 Å². The van der Waals surface area contributed by atoms with Crippen molar-refractivity contribution in [2.45, 2.75) is 91.9 Å². The summed E-state index contributed by atoms with van der Waals surface area (Å²) in [7, 11) is 0. The van der Waals surface area contributed by atoms with E-state index in [0.29, 0.717) is 11.8 Å². The molecule has 56 heavy (non-hydrogen) atoms. The van der Waals surface area contributed by atoms with Crippen LogP contribution in [-0.4, -0.2) is 13.4 Å². The molecule has 0 spiro atoms. The molecule has 0 aromatic heterocycles. The molecule has 0 nitrogen and oxygen atoms in total. The second kappa shape index (κ2) is 10.5. The van der Waals surface area contributed by atoms with Gasteiger partial charge in [0.1, 0.15) is 0 Å². The van der Waals surface area contributed by atoms with Gasteiger partial charge in [-0.25, -0.2) is 0 Å². The van der Waals surface area contributed by atoms with Crippen LogP contribution in [0.15, 0.2) is 97.1 Å². The lowest BCUT2D eigenvalue weighted by Crippen LogP contribution is -2.53. The van der Waals surface area contributed by atoms with Crippen molar-refractivity contribution in [2.24, 2.45) is 0 Å². The highest BCUT2D eigenvalue weighted by Crippen LogP contribution is 2.50. The molecule has 0 N–H and O–H groups in total. The summed E-state index contributed by atoms with van der Waals surface area (Å²) in [6.45, 7) is 24.4. The molecular formula is C54H48B2. The largest absolute Gasteiger partial charge is 0.244 e. The smallest absolute Gasteiger partial charge is 0.0664 e. The van der Waals surface area contributed by atoms with Crippen molar-refractivity contribution in [3.8, 4) is 44.5 Å². The van der Waals surface area contributed by atoms with Crippen LogP contribution in [0.2, 0.25) is 0 Å². The van der Waals surface area contributed by atoms with E-state index in [4.69, 9.17) is 0 Å². The van der Waals surface area contributed by atoms with Crippen molar-refractivity contribution >= 4 is 78.5 Å². The second-order valence-corrected chi connectivity index (χ2v) is 20.4. The minimum atomic E-state index is 0.0339. The van der Waals surface area contributed by atoms with Crippen LogP contribution in [0.3, 0.4) is 0 Å². The van der Waals surface area contributed by atoms with Gasteiger partial charge >= 0.3 is 0 Å². The summed E-state index contributed by atoms with van der Waals surface area (Å²) in [6, 6.07) is 39.5. The summed E-state index contributed by atoms with van der Waals surface area (Å²) in [4.78, 5) is 0. The zero-order valence-corrected chi connectivity index (χ0v) is 34.5. The Labute approximate surface area is 332 Å². The maximum atomic E-state index is 2.69. The van der Waals surface area contributed by atoms with Gasteiger partial charge < -0.3 is 0 Å². The van der Waals surface area contributed by atoms with Crippen molar-refractivity contribution in [1.29, 1.82) is 0 Å². The minimum Gasteiger partial charge on any atom is -0.0664 e. The second-order valence-electron chi connectivity index (χ2n) is 20.4. The first-order valence-electron chi connectivity index (χ1n) is 21.1. The van der Waals surface area contributed by atoms with Gasteiger partial charge in [-0.3, -0.25) is 0 Å². The van der Waals surface area contributed by atoms with Crippen molar-refractivity contribution in [3.63, 3.8) is 0 Å². The number of benzene rings is 8. The summed E-state index contributed by atoms with van der Waals surface area (Å²) in [6.07, 6.45) is 0. The average Bonchev–Trinajstić information content (AvgIpc) is 3.68. The van der Waals surface area contributed by atoms with Crippen LogP contribution in [0, 0.1) is 0 Å². The molecule has 0 unspecified atom stereocenters. The Morgan fingerprint density at radius 1 is 0.375 bits per heavy atom. The number of fused-ring (bicyclic) bond motifs is 10. The maximum absolute atomic E-state index is 2.69. The van der Waals surface area contributed by atoms with Crippen LogP contribution >= 0.6 is 0 Å². The predicted octanol–water partition coefficient (Wildman–Crippen LogP) is 10.4. The van der Waals surface area contributed by atoms with Crippen LogP contribution in [0.5, 0.6) is 0 Å². The standard InChI is InChI=1S/C54H48B2/c1-27(2)33-23-35-41-21-29(53(5,6)7)19-39-31-15-12-14-18-44(31)56(51(39)41)46-26-38-34(28(3)4)24-36-42-22-30(54(8,9)10)20-40-32-16-11-13-17-43(32)55(52(40)42)45-25-37(33)49(47(35)46)50(38)48(36)45/h11-28H,1-10H3. The van der Waals surface area contributed by atoms with Crippen LogP contribution in [0.4, 0.5) is 0 Å². The predicted molar refractivity (Wildman–Crippen MR) is 247 cm³/mol. The summed E-state index contributed by atoms with van der Waals surface area (Å²) >= 11 is 0. The highest BCUT2D eigenvalue weighted by molar-refractivity contribution is 7.03. The Kier molecular flexibility index (Phi) is 6.18. The molecule has 0 bridgehead atoms. The molecule has 8 aromatic carbocycles. The molecule has 0 fully saturated rings. The van der Waals surface area contributed by atoms with E-state index in [1.807, 2.05) is 0 Å². The van der Waals surface area contributed by atoms with E-state index in [2.05, 4.69) is 166 Å². The van der Waals surface area contributed by atoms with Gasteiger partial charge in [-0.05, 0) is 134 Å². The Morgan fingerprint density at radius 3 is 1.09 bits per heavy atom. The van der Waals surface area contributed by atoms with E-state index >= 15 is 0 Å². The Morgan fingerprint density at radius 2 is 0.732 bits per heavy atom. The lowest BCUT2D eigenvalue weighted by Gasteiger charge is -2.34. The molecule has 0 saturated heterocycles. The van der Waals surface area contributed by atoms with Gasteiger partial charge in [0.2, 0.25) is 13.4 Å². The molecule has 12 rings (SSSR count). The van der Waals surface area contributed by atoms with Crippen LogP contribution in [0.1, 0.15) is 103 Å². The molecule has 0 aliphatic carbocycles. The summed E-state index contributed by atoms with van der Waals surface area (Å²) in [5.74, 6) is 0.752. The van der Waals surface area contributed by atoms with Crippen LogP contribution in [0.25, 0.3) is 76.8 Å².